The maximum atomic E-state index is 5.31. The van der Waals surface area contributed by atoms with Crippen LogP contribution in [0.4, 0.5) is 0 Å². The normalized spacial score (nSPS) is 9.27. The van der Waals surface area contributed by atoms with E-state index in [9.17, 15) is 0 Å². The van der Waals surface area contributed by atoms with Crippen LogP contribution in [-0.4, -0.2) is 5.84 Å². The van der Waals surface area contributed by atoms with Gasteiger partial charge in [-0.15, -0.1) is 0 Å². The van der Waals surface area contributed by atoms with Gasteiger partial charge in [0.05, 0.1) is 0 Å². The summed E-state index contributed by atoms with van der Waals surface area (Å²) in [6.07, 6.45) is 3.22. The van der Waals surface area contributed by atoms with E-state index in [1.165, 1.54) is 6.08 Å². The molecule has 0 aromatic heterocycles. The molecule has 0 bridgehead atoms. The molecule has 0 aromatic rings. The molecule has 0 atom stereocenters. The molecule has 0 saturated carbocycles. The van der Waals surface area contributed by atoms with Crippen LogP contribution in [0.3, 0.4) is 0 Å². The van der Waals surface area contributed by atoms with E-state index < -0.39 is 0 Å². The lowest BCUT2D eigenvalue weighted by Gasteiger charge is -1.86. The minimum absolute atomic E-state index is 0.455. The number of hydrogen-bond donors (Lipinski definition) is 1. The zero-order valence-corrected chi connectivity index (χ0v) is 7.89. The van der Waals surface area contributed by atoms with Crippen molar-refractivity contribution in [2.24, 2.45) is 10.7 Å². The van der Waals surface area contributed by atoms with Gasteiger partial charge >= 0.3 is 0 Å². The second-order valence-electron chi connectivity index (χ2n) is 1.96. The third kappa shape index (κ3) is 12.2. The molecule has 0 aliphatic rings. The molecule has 0 amide bonds. The summed E-state index contributed by atoms with van der Waals surface area (Å²) in [6.45, 7) is 11.4. The molecular formula is C9H18N2. The monoisotopic (exact) mass is 154 g/mol. The van der Waals surface area contributed by atoms with Crippen molar-refractivity contribution in [3.8, 4) is 0 Å². The van der Waals surface area contributed by atoms with Crippen LogP contribution < -0.4 is 5.73 Å². The van der Waals surface area contributed by atoms with Crippen molar-refractivity contribution in [1.82, 2.24) is 0 Å². The van der Waals surface area contributed by atoms with Crippen molar-refractivity contribution < 1.29 is 0 Å². The van der Waals surface area contributed by atoms with Gasteiger partial charge in [0.2, 0.25) is 0 Å². The first-order valence-electron chi connectivity index (χ1n) is 3.76. The molecule has 0 unspecified atom stereocenters. The number of rotatable bonds is 2. The molecule has 0 rings (SSSR count). The topological polar surface area (TPSA) is 38.4 Å². The second kappa shape index (κ2) is 8.95. The molecule has 2 N–H and O–H groups in total. The predicted molar refractivity (Wildman–Crippen MR) is 52.6 cm³/mol. The molecule has 0 fully saturated rings. The van der Waals surface area contributed by atoms with E-state index in [4.69, 9.17) is 5.73 Å². The first-order chi connectivity index (χ1) is 5.16. The molecule has 0 heterocycles. The van der Waals surface area contributed by atoms with Crippen molar-refractivity contribution >= 4 is 5.84 Å². The second-order valence-corrected chi connectivity index (χ2v) is 1.96. The van der Waals surface area contributed by atoms with Crippen LogP contribution in [0.25, 0.3) is 0 Å². The highest BCUT2D eigenvalue weighted by atomic mass is 14.8. The molecule has 0 aromatic carbocycles. The highest BCUT2D eigenvalue weighted by molar-refractivity contribution is 5.91. The van der Waals surface area contributed by atoms with Crippen molar-refractivity contribution in [2.45, 2.75) is 27.7 Å². The van der Waals surface area contributed by atoms with Crippen LogP contribution >= 0.6 is 0 Å². The third-order valence-electron chi connectivity index (χ3n) is 0.681. The molecule has 11 heavy (non-hydrogen) atoms. The van der Waals surface area contributed by atoms with E-state index in [2.05, 4.69) is 11.6 Å². The van der Waals surface area contributed by atoms with E-state index in [0.717, 1.165) is 5.57 Å². The molecule has 0 aliphatic carbocycles. The van der Waals surface area contributed by atoms with Crippen molar-refractivity contribution in [3.63, 3.8) is 0 Å². The maximum Gasteiger partial charge on any atom is 0.122 e. The van der Waals surface area contributed by atoms with Gasteiger partial charge in [0.15, 0.2) is 0 Å². The van der Waals surface area contributed by atoms with Gasteiger partial charge in [-0.05, 0) is 19.9 Å². The Bertz CT molecular complexity index is 151. The van der Waals surface area contributed by atoms with Crippen molar-refractivity contribution in [3.05, 3.63) is 24.4 Å². The summed E-state index contributed by atoms with van der Waals surface area (Å²) in [7, 11) is 0. The van der Waals surface area contributed by atoms with Crippen LogP contribution in [0.1, 0.15) is 27.7 Å². The molecule has 0 aliphatic heterocycles. The summed E-state index contributed by atoms with van der Waals surface area (Å²) in [5.41, 5.74) is 6.43. The minimum atomic E-state index is 0.455. The molecule has 64 valence electrons. The van der Waals surface area contributed by atoms with Crippen LogP contribution in [0.2, 0.25) is 0 Å². The smallest absolute Gasteiger partial charge is 0.122 e. The zero-order valence-electron chi connectivity index (χ0n) is 7.89. The van der Waals surface area contributed by atoms with Gasteiger partial charge in [-0.1, -0.05) is 26.0 Å². The number of hydrogen-bond acceptors (Lipinski definition) is 1. The number of amidine groups is 1. The Labute approximate surface area is 69.5 Å². The average Bonchev–Trinajstić information content (AvgIpc) is 2.04. The van der Waals surface area contributed by atoms with Crippen LogP contribution in [0.15, 0.2) is 29.4 Å². The Morgan fingerprint density at radius 2 is 1.82 bits per heavy atom. The minimum Gasteiger partial charge on any atom is -0.384 e. The summed E-state index contributed by atoms with van der Waals surface area (Å²) in [5.74, 6) is 0.455. The lowest BCUT2D eigenvalue weighted by Crippen LogP contribution is -2.05. The van der Waals surface area contributed by atoms with Gasteiger partial charge < -0.3 is 5.73 Å². The van der Waals surface area contributed by atoms with E-state index in [1.54, 1.807) is 6.20 Å². The summed E-state index contributed by atoms with van der Waals surface area (Å²) < 4.78 is 0. The van der Waals surface area contributed by atoms with Gasteiger partial charge in [0.25, 0.3) is 0 Å². The molecule has 0 radical (unpaired) electrons. The Kier molecular flexibility index (Phi) is 10.3. The summed E-state index contributed by atoms with van der Waals surface area (Å²) in [6, 6.07) is 0. The number of allylic oxidation sites excluding steroid dienone is 1. The highest BCUT2D eigenvalue weighted by Gasteiger charge is 1.76. The first kappa shape index (κ1) is 12.6. The zero-order chi connectivity index (χ0) is 9.28. The Balaban J connectivity index is 0. The molecule has 2 nitrogen and oxygen atoms in total. The molecule has 2 heteroatoms. The van der Waals surface area contributed by atoms with Crippen molar-refractivity contribution in [1.29, 1.82) is 0 Å². The predicted octanol–water partition coefficient (Wildman–Crippen LogP) is 2.48. The van der Waals surface area contributed by atoms with E-state index in [1.807, 2.05) is 27.7 Å². The number of nitrogens with two attached hydrogens (primary N) is 1. The number of aliphatic imine (C=N–C) groups is 1. The SMILES string of the molecule is C=CC(N)=NC=C(C)C.CC. The van der Waals surface area contributed by atoms with Gasteiger partial charge in [-0.2, -0.15) is 0 Å². The maximum absolute atomic E-state index is 5.31. The van der Waals surface area contributed by atoms with E-state index >= 15 is 0 Å². The standard InChI is InChI=1S/C7H12N2.C2H6/c1-4-7(8)9-5-6(2)3;1-2/h4-5H,1H2,2-3H3,(H2,8,9);1-2H3. The average molecular weight is 154 g/mol. The Morgan fingerprint density at radius 1 is 1.36 bits per heavy atom. The molecule has 0 spiro atoms. The lowest BCUT2D eigenvalue weighted by molar-refractivity contribution is 1.33. The fourth-order valence-electron chi connectivity index (χ4n) is 0.256. The van der Waals surface area contributed by atoms with Gasteiger partial charge in [0.1, 0.15) is 5.84 Å². The largest absolute Gasteiger partial charge is 0.384 e. The molecular weight excluding hydrogens is 136 g/mol. The number of nitrogens with zero attached hydrogens (tertiary/aromatic N) is 1. The van der Waals surface area contributed by atoms with E-state index in [-0.39, 0.29) is 0 Å². The van der Waals surface area contributed by atoms with Crippen LogP contribution in [-0.2, 0) is 0 Å². The van der Waals surface area contributed by atoms with Gasteiger partial charge in [-0.3, -0.25) is 0 Å². The van der Waals surface area contributed by atoms with Gasteiger partial charge in [0, 0.05) is 6.20 Å². The molecule has 0 saturated heterocycles. The Hall–Kier alpha value is -1.05. The fraction of sp³-hybridized carbons (Fsp3) is 0.444. The third-order valence-corrected chi connectivity index (χ3v) is 0.681. The fourth-order valence-corrected chi connectivity index (χ4v) is 0.256. The summed E-state index contributed by atoms with van der Waals surface area (Å²) >= 11 is 0. The summed E-state index contributed by atoms with van der Waals surface area (Å²) in [5, 5.41) is 0. The highest BCUT2D eigenvalue weighted by Crippen LogP contribution is 1.87. The summed E-state index contributed by atoms with van der Waals surface area (Å²) in [4.78, 5) is 3.86. The Morgan fingerprint density at radius 3 is 2.09 bits per heavy atom. The first-order valence-corrected chi connectivity index (χ1v) is 3.76. The van der Waals surface area contributed by atoms with Crippen molar-refractivity contribution in [2.75, 3.05) is 0 Å². The van der Waals surface area contributed by atoms with Crippen LogP contribution in [0, 0.1) is 0 Å². The lowest BCUT2D eigenvalue weighted by atomic mass is 10.4. The quantitative estimate of drug-likeness (QED) is 0.481. The van der Waals surface area contributed by atoms with Crippen LogP contribution in [0.5, 0.6) is 0 Å². The van der Waals surface area contributed by atoms with Gasteiger partial charge in [-0.25, -0.2) is 4.99 Å². The van der Waals surface area contributed by atoms with E-state index in [0.29, 0.717) is 5.84 Å².